The van der Waals surface area contributed by atoms with E-state index in [0.717, 1.165) is 19.3 Å². The van der Waals surface area contributed by atoms with Crippen LogP contribution in [-0.4, -0.2) is 33.9 Å². The number of aryl methyl sites for hydroxylation is 1. The van der Waals surface area contributed by atoms with Crippen LogP contribution in [0.15, 0.2) is 4.52 Å². The highest BCUT2D eigenvalue weighted by atomic mass is 16.6. The number of nitrogens with one attached hydrogen (secondary N) is 2. The number of hydrogen-bond donors (Lipinski definition) is 2. The van der Waals surface area contributed by atoms with Gasteiger partial charge in [-0.3, -0.25) is 0 Å². The molecule has 24 heavy (non-hydrogen) atoms. The quantitative estimate of drug-likeness (QED) is 0.858. The van der Waals surface area contributed by atoms with Gasteiger partial charge in [0.1, 0.15) is 5.60 Å². The SMILES string of the molecule is Cc1noc(CN[C@]2(CNC(=O)OC(C)(C)C)CCCC[C@H]2C)n1. The fourth-order valence-corrected chi connectivity index (χ4v) is 3.21. The predicted molar refractivity (Wildman–Crippen MR) is 90.5 cm³/mol. The van der Waals surface area contributed by atoms with Crippen LogP contribution in [0.25, 0.3) is 0 Å². The molecule has 0 bridgehead atoms. The maximum atomic E-state index is 12.0. The van der Waals surface area contributed by atoms with Gasteiger partial charge in [0.05, 0.1) is 6.54 Å². The van der Waals surface area contributed by atoms with Crippen molar-refractivity contribution in [1.29, 1.82) is 0 Å². The lowest BCUT2D eigenvalue weighted by atomic mass is 9.73. The number of nitrogens with zero attached hydrogens (tertiary/aromatic N) is 2. The van der Waals surface area contributed by atoms with Crippen molar-refractivity contribution in [2.75, 3.05) is 6.54 Å². The summed E-state index contributed by atoms with van der Waals surface area (Å²) < 4.78 is 10.5. The highest BCUT2D eigenvalue weighted by Crippen LogP contribution is 2.33. The summed E-state index contributed by atoms with van der Waals surface area (Å²) in [5, 5.41) is 10.3. The Morgan fingerprint density at radius 1 is 1.42 bits per heavy atom. The Labute approximate surface area is 143 Å². The smallest absolute Gasteiger partial charge is 0.407 e. The number of rotatable bonds is 5. The van der Waals surface area contributed by atoms with Crippen molar-refractivity contribution >= 4 is 6.09 Å². The lowest BCUT2D eigenvalue weighted by Crippen LogP contribution is -2.59. The molecule has 7 nitrogen and oxygen atoms in total. The highest BCUT2D eigenvalue weighted by Gasteiger charge is 2.38. The van der Waals surface area contributed by atoms with Crippen LogP contribution in [0.2, 0.25) is 0 Å². The molecule has 1 saturated carbocycles. The van der Waals surface area contributed by atoms with Gasteiger partial charge in [-0.25, -0.2) is 4.79 Å². The fraction of sp³-hybridized carbons (Fsp3) is 0.824. The van der Waals surface area contributed by atoms with Gasteiger partial charge in [0.2, 0.25) is 5.89 Å². The predicted octanol–water partition coefficient (Wildman–Crippen LogP) is 2.94. The van der Waals surface area contributed by atoms with Crippen molar-refractivity contribution < 1.29 is 14.1 Å². The molecule has 1 heterocycles. The maximum absolute atomic E-state index is 12.0. The van der Waals surface area contributed by atoms with Gasteiger partial charge in [-0.15, -0.1) is 0 Å². The molecule has 0 radical (unpaired) electrons. The van der Waals surface area contributed by atoms with Crippen molar-refractivity contribution in [1.82, 2.24) is 20.8 Å². The molecule has 0 aromatic carbocycles. The van der Waals surface area contributed by atoms with E-state index in [1.54, 1.807) is 6.92 Å². The second-order valence-corrected chi connectivity index (χ2v) is 7.75. The topological polar surface area (TPSA) is 89.3 Å². The summed E-state index contributed by atoms with van der Waals surface area (Å²) in [4.78, 5) is 16.3. The van der Waals surface area contributed by atoms with Crippen LogP contribution in [0.3, 0.4) is 0 Å². The fourth-order valence-electron chi connectivity index (χ4n) is 3.21. The van der Waals surface area contributed by atoms with E-state index in [-0.39, 0.29) is 11.6 Å². The molecule has 7 heteroatoms. The van der Waals surface area contributed by atoms with Gasteiger partial charge in [0, 0.05) is 12.1 Å². The lowest BCUT2D eigenvalue weighted by molar-refractivity contribution is 0.0478. The summed E-state index contributed by atoms with van der Waals surface area (Å²) in [6.45, 7) is 10.6. The Balaban J connectivity index is 1.99. The Morgan fingerprint density at radius 2 is 2.17 bits per heavy atom. The molecule has 2 atom stereocenters. The van der Waals surface area contributed by atoms with E-state index in [4.69, 9.17) is 9.26 Å². The van der Waals surface area contributed by atoms with E-state index < -0.39 is 5.60 Å². The molecule has 1 amide bonds. The van der Waals surface area contributed by atoms with E-state index in [9.17, 15) is 4.79 Å². The summed E-state index contributed by atoms with van der Waals surface area (Å²) in [6.07, 6.45) is 4.10. The molecule has 2 N–H and O–H groups in total. The molecule has 1 aromatic rings. The van der Waals surface area contributed by atoms with Crippen LogP contribution >= 0.6 is 0 Å². The third-order valence-electron chi connectivity index (χ3n) is 4.56. The van der Waals surface area contributed by atoms with Crippen molar-refractivity contribution in [2.24, 2.45) is 5.92 Å². The molecule has 0 aliphatic heterocycles. The Hall–Kier alpha value is -1.63. The van der Waals surface area contributed by atoms with Crippen LogP contribution in [0.1, 0.15) is 65.1 Å². The number of aromatic nitrogens is 2. The van der Waals surface area contributed by atoms with Gasteiger partial charge in [-0.05, 0) is 46.5 Å². The highest BCUT2D eigenvalue weighted by molar-refractivity contribution is 5.67. The van der Waals surface area contributed by atoms with Gasteiger partial charge in [0.25, 0.3) is 0 Å². The van der Waals surface area contributed by atoms with E-state index >= 15 is 0 Å². The third kappa shape index (κ3) is 5.19. The van der Waals surface area contributed by atoms with Crippen LogP contribution in [0, 0.1) is 12.8 Å². The Morgan fingerprint density at radius 3 is 2.75 bits per heavy atom. The number of hydrogen-bond acceptors (Lipinski definition) is 6. The number of ether oxygens (including phenoxy) is 1. The van der Waals surface area contributed by atoms with Crippen molar-refractivity contribution in [2.45, 2.75) is 78.0 Å². The van der Waals surface area contributed by atoms with Gasteiger partial charge in [-0.2, -0.15) is 4.98 Å². The van der Waals surface area contributed by atoms with Crippen LogP contribution in [-0.2, 0) is 11.3 Å². The van der Waals surface area contributed by atoms with Gasteiger partial charge < -0.3 is 19.9 Å². The summed E-state index contributed by atoms with van der Waals surface area (Å²) in [6, 6.07) is 0. The van der Waals surface area contributed by atoms with Crippen LogP contribution in [0.5, 0.6) is 0 Å². The minimum absolute atomic E-state index is 0.183. The molecular weight excluding hydrogens is 308 g/mol. The summed E-state index contributed by atoms with van der Waals surface area (Å²) in [5.41, 5.74) is -0.679. The normalized spacial score (nSPS) is 24.6. The molecule has 0 unspecified atom stereocenters. The molecule has 2 rings (SSSR count). The Bertz CT molecular complexity index is 552. The second kappa shape index (κ2) is 7.51. The lowest BCUT2D eigenvalue weighted by Gasteiger charge is -2.43. The molecule has 136 valence electrons. The maximum Gasteiger partial charge on any atom is 0.407 e. The minimum Gasteiger partial charge on any atom is -0.444 e. The number of carbonyl (C=O) groups is 1. The number of amides is 1. The number of carbonyl (C=O) groups excluding carboxylic acids is 1. The zero-order chi connectivity index (χ0) is 17.8. The minimum atomic E-state index is -0.496. The molecular formula is C17H30N4O3. The third-order valence-corrected chi connectivity index (χ3v) is 4.56. The largest absolute Gasteiger partial charge is 0.444 e. The van der Waals surface area contributed by atoms with E-state index in [1.807, 2.05) is 20.8 Å². The summed E-state index contributed by atoms with van der Waals surface area (Å²) in [5.74, 6) is 1.64. The second-order valence-electron chi connectivity index (χ2n) is 7.75. The monoisotopic (exact) mass is 338 g/mol. The average Bonchev–Trinajstić information content (AvgIpc) is 2.89. The summed E-state index contributed by atoms with van der Waals surface area (Å²) >= 11 is 0. The average molecular weight is 338 g/mol. The van der Waals surface area contributed by atoms with E-state index in [2.05, 4.69) is 27.7 Å². The van der Waals surface area contributed by atoms with E-state index in [1.165, 1.54) is 6.42 Å². The molecule has 1 aliphatic rings. The first-order valence-electron chi connectivity index (χ1n) is 8.71. The zero-order valence-electron chi connectivity index (χ0n) is 15.4. The molecule has 0 spiro atoms. The first-order valence-corrected chi connectivity index (χ1v) is 8.71. The molecule has 0 saturated heterocycles. The standard InChI is InChI=1S/C17H30N4O3/c1-12-8-6-7-9-17(12,11-18-15(22)23-16(3,4)5)19-10-14-20-13(2)21-24-14/h12,19H,6-11H2,1-5H3,(H,18,22)/t12-,17+/m1/s1. The molecule has 1 aromatic heterocycles. The number of alkyl carbamates (subject to hydrolysis) is 1. The van der Waals surface area contributed by atoms with Crippen molar-refractivity contribution in [3.05, 3.63) is 11.7 Å². The van der Waals surface area contributed by atoms with Gasteiger partial charge in [-0.1, -0.05) is 24.9 Å². The van der Waals surface area contributed by atoms with Crippen molar-refractivity contribution in [3.8, 4) is 0 Å². The zero-order valence-corrected chi connectivity index (χ0v) is 15.4. The Kier molecular flexibility index (Phi) is 5.85. The first kappa shape index (κ1) is 18.7. The van der Waals surface area contributed by atoms with Crippen LogP contribution < -0.4 is 10.6 Å². The molecule has 1 fully saturated rings. The molecule has 1 aliphatic carbocycles. The summed E-state index contributed by atoms with van der Waals surface area (Å²) in [7, 11) is 0. The van der Waals surface area contributed by atoms with Gasteiger partial charge >= 0.3 is 6.09 Å². The van der Waals surface area contributed by atoms with Crippen LogP contribution in [0.4, 0.5) is 4.79 Å². The first-order chi connectivity index (χ1) is 11.2. The van der Waals surface area contributed by atoms with Gasteiger partial charge in [0.15, 0.2) is 5.82 Å². The van der Waals surface area contributed by atoms with Crippen molar-refractivity contribution in [3.63, 3.8) is 0 Å². The van der Waals surface area contributed by atoms with E-state index in [0.29, 0.717) is 30.7 Å².